The quantitative estimate of drug-likeness (QED) is 0.776. The summed E-state index contributed by atoms with van der Waals surface area (Å²) >= 11 is 7.15. The van der Waals surface area contributed by atoms with E-state index in [9.17, 15) is 4.79 Å². The van der Waals surface area contributed by atoms with E-state index < -0.39 is 0 Å². The first-order chi connectivity index (χ1) is 9.97. The fourth-order valence-corrected chi connectivity index (χ4v) is 3.93. The minimum Gasteiger partial charge on any atom is -0.349 e. The fraction of sp³-hybridized carbons (Fsp3) is 0.400. The minimum absolute atomic E-state index is 0.0655. The highest BCUT2D eigenvalue weighted by molar-refractivity contribution is 9.11. The molecule has 1 aromatic carbocycles. The van der Waals surface area contributed by atoms with E-state index in [1.807, 2.05) is 11.8 Å². The number of halogens is 2. The first-order valence-corrected chi connectivity index (χ1v) is 8.51. The average molecular weight is 415 g/mol. The molecule has 1 saturated heterocycles. The Balaban J connectivity index is 1.99. The normalized spacial score (nSPS) is 16.7. The summed E-state index contributed by atoms with van der Waals surface area (Å²) in [5.41, 5.74) is 2.76. The maximum absolute atomic E-state index is 12.7. The molecule has 21 heavy (non-hydrogen) atoms. The van der Waals surface area contributed by atoms with Crippen LogP contribution in [0.5, 0.6) is 0 Å². The zero-order valence-corrected chi connectivity index (χ0v) is 15.2. The third-order valence-electron chi connectivity index (χ3n) is 3.94. The molecule has 2 aromatic rings. The van der Waals surface area contributed by atoms with Gasteiger partial charge in [-0.1, -0.05) is 0 Å². The average Bonchev–Trinajstić information content (AvgIpc) is 2.77. The maximum Gasteiger partial charge on any atom is 0.271 e. The molecule has 1 aliphatic rings. The number of hydrogen-bond donors (Lipinski definition) is 1. The number of likely N-dealkylation sites (N-methyl/N-ethyl adjacent to an activating group) is 1. The minimum atomic E-state index is 0.0655. The highest BCUT2D eigenvalue weighted by Gasteiger charge is 2.25. The van der Waals surface area contributed by atoms with Crippen molar-refractivity contribution in [3.63, 3.8) is 0 Å². The number of aromatic amines is 1. The Labute approximate surface area is 140 Å². The standard InChI is InChI=1S/C15H17Br2N3O/c1-9-7-10-12(17)14(18-13(10)11(16)8-9)15(21)20-5-3-19(2)4-6-20/h7-8,18H,3-6H2,1-2H3. The molecule has 1 amide bonds. The molecule has 0 atom stereocenters. The van der Waals surface area contributed by atoms with Gasteiger partial charge < -0.3 is 14.8 Å². The van der Waals surface area contributed by atoms with Crippen LogP contribution in [0.4, 0.5) is 0 Å². The Morgan fingerprint density at radius 2 is 1.86 bits per heavy atom. The maximum atomic E-state index is 12.7. The van der Waals surface area contributed by atoms with Crippen LogP contribution in [0.1, 0.15) is 16.1 Å². The Hall–Kier alpha value is -0.850. The summed E-state index contributed by atoms with van der Waals surface area (Å²) in [4.78, 5) is 20.1. The Kier molecular flexibility index (Phi) is 4.12. The Morgan fingerprint density at radius 1 is 1.19 bits per heavy atom. The number of nitrogens with one attached hydrogen (secondary N) is 1. The van der Waals surface area contributed by atoms with Crippen LogP contribution < -0.4 is 0 Å². The molecule has 0 unspecified atom stereocenters. The predicted molar refractivity (Wildman–Crippen MR) is 91.8 cm³/mol. The zero-order chi connectivity index (χ0) is 15.1. The number of nitrogens with zero attached hydrogens (tertiary/aromatic N) is 2. The summed E-state index contributed by atoms with van der Waals surface area (Å²) in [6, 6.07) is 4.14. The first kappa shape index (κ1) is 15.1. The van der Waals surface area contributed by atoms with Gasteiger partial charge in [-0.3, -0.25) is 4.79 Å². The molecule has 4 nitrogen and oxygen atoms in total. The van der Waals surface area contributed by atoms with Gasteiger partial charge in [0.15, 0.2) is 0 Å². The van der Waals surface area contributed by atoms with E-state index in [0.717, 1.165) is 51.6 Å². The number of H-pyrrole nitrogens is 1. The zero-order valence-electron chi connectivity index (χ0n) is 12.0. The largest absolute Gasteiger partial charge is 0.349 e. The molecule has 0 radical (unpaired) electrons. The second-order valence-corrected chi connectivity index (χ2v) is 7.23. The number of hydrogen-bond acceptors (Lipinski definition) is 2. The van der Waals surface area contributed by atoms with Gasteiger partial charge in [0, 0.05) is 36.0 Å². The third kappa shape index (κ3) is 2.76. The smallest absolute Gasteiger partial charge is 0.271 e. The van der Waals surface area contributed by atoms with Gasteiger partial charge in [0.05, 0.1) is 9.99 Å². The lowest BCUT2D eigenvalue weighted by atomic mass is 10.2. The van der Waals surface area contributed by atoms with Crippen molar-refractivity contribution < 1.29 is 4.79 Å². The lowest BCUT2D eigenvalue weighted by Crippen LogP contribution is -2.47. The van der Waals surface area contributed by atoms with E-state index in [1.165, 1.54) is 0 Å². The Morgan fingerprint density at radius 3 is 2.52 bits per heavy atom. The predicted octanol–water partition coefficient (Wildman–Crippen LogP) is 3.39. The molecule has 0 saturated carbocycles. The van der Waals surface area contributed by atoms with Crippen LogP contribution in [0.3, 0.4) is 0 Å². The number of amides is 1. The van der Waals surface area contributed by atoms with Crippen molar-refractivity contribution >= 4 is 48.7 Å². The van der Waals surface area contributed by atoms with Gasteiger partial charge in [0.1, 0.15) is 5.69 Å². The topological polar surface area (TPSA) is 39.3 Å². The van der Waals surface area contributed by atoms with E-state index in [4.69, 9.17) is 0 Å². The number of aryl methyl sites for hydroxylation is 1. The van der Waals surface area contributed by atoms with Crippen molar-refractivity contribution in [2.24, 2.45) is 0 Å². The number of rotatable bonds is 1. The summed E-state index contributed by atoms with van der Waals surface area (Å²) in [5, 5.41) is 1.04. The molecule has 6 heteroatoms. The van der Waals surface area contributed by atoms with Crippen LogP contribution in [-0.4, -0.2) is 53.9 Å². The first-order valence-electron chi connectivity index (χ1n) is 6.92. The number of aromatic nitrogens is 1. The lowest BCUT2D eigenvalue weighted by Gasteiger charge is -2.32. The van der Waals surface area contributed by atoms with Crippen molar-refractivity contribution in [1.29, 1.82) is 0 Å². The van der Waals surface area contributed by atoms with Gasteiger partial charge >= 0.3 is 0 Å². The summed E-state index contributed by atoms with van der Waals surface area (Å²) in [5.74, 6) is 0.0655. The van der Waals surface area contributed by atoms with Crippen molar-refractivity contribution in [1.82, 2.24) is 14.8 Å². The summed E-state index contributed by atoms with van der Waals surface area (Å²) in [6.07, 6.45) is 0. The molecule has 2 heterocycles. The van der Waals surface area contributed by atoms with Crippen LogP contribution in [0.2, 0.25) is 0 Å². The monoisotopic (exact) mass is 413 g/mol. The highest BCUT2D eigenvalue weighted by atomic mass is 79.9. The number of piperazine rings is 1. The van der Waals surface area contributed by atoms with Gasteiger partial charge in [-0.15, -0.1) is 0 Å². The van der Waals surface area contributed by atoms with Crippen LogP contribution in [0.25, 0.3) is 10.9 Å². The van der Waals surface area contributed by atoms with Crippen LogP contribution in [0, 0.1) is 6.92 Å². The summed E-state index contributed by atoms with van der Waals surface area (Å²) < 4.78 is 1.83. The summed E-state index contributed by atoms with van der Waals surface area (Å²) in [6.45, 7) is 5.44. The number of benzene rings is 1. The van der Waals surface area contributed by atoms with Crippen LogP contribution in [0.15, 0.2) is 21.1 Å². The van der Waals surface area contributed by atoms with E-state index in [-0.39, 0.29) is 5.91 Å². The molecule has 3 rings (SSSR count). The highest BCUT2D eigenvalue weighted by Crippen LogP contribution is 2.34. The molecule has 0 aliphatic carbocycles. The van der Waals surface area contributed by atoms with Crippen molar-refractivity contribution in [2.45, 2.75) is 6.92 Å². The lowest BCUT2D eigenvalue weighted by molar-refractivity contribution is 0.0658. The van der Waals surface area contributed by atoms with Gasteiger partial charge in [0.25, 0.3) is 5.91 Å². The van der Waals surface area contributed by atoms with Gasteiger partial charge in [-0.05, 0) is 63.5 Å². The number of fused-ring (bicyclic) bond motifs is 1. The van der Waals surface area contributed by atoms with E-state index in [0.29, 0.717) is 5.69 Å². The van der Waals surface area contributed by atoms with Crippen molar-refractivity contribution in [3.8, 4) is 0 Å². The molecular formula is C15H17Br2N3O. The second kappa shape index (κ2) is 5.74. The van der Waals surface area contributed by atoms with E-state index in [1.54, 1.807) is 0 Å². The van der Waals surface area contributed by atoms with Gasteiger partial charge in [-0.25, -0.2) is 0 Å². The molecule has 0 spiro atoms. The number of carbonyl (C=O) groups excluding carboxylic acids is 1. The van der Waals surface area contributed by atoms with Crippen LogP contribution in [-0.2, 0) is 0 Å². The second-order valence-electron chi connectivity index (χ2n) is 5.58. The van der Waals surface area contributed by atoms with E-state index in [2.05, 4.69) is 60.9 Å². The Bertz CT molecular complexity index is 702. The molecule has 112 valence electrons. The molecule has 1 aliphatic heterocycles. The molecular weight excluding hydrogens is 398 g/mol. The molecule has 1 aromatic heterocycles. The van der Waals surface area contributed by atoms with Crippen LogP contribution >= 0.6 is 31.9 Å². The van der Waals surface area contributed by atoms with E-state index >= 15 is 0 Å². The van der Waals surface area contributed by atoms with Gasteiger partial charge in [0.2, 0.25) is 0 Å². The molecule has 1 fully saturated rings. The molecule has 1 N–H and O–H groups in total. The SMILES string of the molecule is Cc1cc(Br)c2[nH]c(C(=O)N3CCN(C)CC3)c(Br)c2c1. The number of carbonyl (C=O) groups is 1. The van der Waals surface area contributed by atoms with Crippen molar-refractivity contribution in [3.05, 3.63) is 32.3 Å². The molecule has 0 bridgehead atoms. The summed E-state index contributed by atoms with van der Waals surface area (Å²) in [7, 11) is 2.08. The van der Waals surface area contributed by atoms with Crippen molar-refractivity contribution in [2.75, 3.05) is 33.2 Å². The van der Waals surface area contributed by atoms with Gasteiger partial charge in [-0.2, -0.15) is 0 Å². The third-order valence-corrected chi connectivity index (χ3v) is 5.39. The fourth-order valence-electron chi connectivity index (χ4n) is 2.67.